The highest BCUT2D eigenvalue weighted by Gasteiger charge is 2.42. The maximum absolute atomic E-state index is 14.0. The molecule has 56 heavy (non-hydrogen) atoms. The third-order valence-corrected chi connectivity index (χ3v) is 10.8. The van der Waals surface area contributed by atoms with Crippen molar-refractivity contribution in [2.75, 3.05) is 85.3 Å². The number of hydrazine groups is 1. The van der Waals surface area contributed by atoms with Crippen LogP contribution >= 0.6 is 11.3 Å². The van der Waals surface area contributed by atoms with Gasteiger partial charge in [-0.05, 0) is 35.8 Å². The summed E-state index contributed by atoms with van der Waals surface area (Å²) < 4.78 is 10.8. The van der Waals surface area contributed by atoms with Crippen molar-refractivity contribution in [2.24, 2.45) is 11.8 Å². The van der Waals surface area contributed by atoms with Crippen LogP contribution in [0.15, 0.2) is 47.8 Å². The lowest BCUT2D eigenvalue weighted by Crippen LogP contribution is -2.66. The normalized spacial score (nSPS) is 17.5. The van der Waals surface area contributed by atoms with Gasteiger partial charge in [0.1, 0.15) is 6.04 Å². The highest BCUT2D eigenvalue weighted by molar-refractivity contribution is 7.09. The van der Waals surface area contributed by atoms with Crippen LogP contribution < -0.4 is 32.0 Å². The summed E-state index contributed by atoms with van der Waals surface area (Å²) in [4.78, 5) is 59.3. The molecule has 7 N–H and O–H groups in total. The number of thiophene rings is 1. The molecule has 0 aliphatic carbocycles. The minimum absolute atomic E-state index is 0.165. The lowest BCUT2D eigenvalue weighted by molar-refractivity contribution is -0.148. The van der Waals surface area contributed by atoms with Gasteiger partial charge in [-0.1, -0.05) is 64.1 Å². The largest absolute Gasteiger partial charge is 0.379 e. The van der Waals surface area contributed by atoms with Crippen LogP contribution in [0.3, 0.4) is 0 Å². The number of urea groups is 2. The van der Waals surface area contributed by atoms with E-state index in [0.717, 1.165) is 36.6 Å². The summed E-state index contributed by atoms with van der Waals surface area (Å²) in [6.07, 6.45) is 1.06. The molecule has 1 aromatic carbocycles. The van der Waals surface area contributed by atoms with Crippen molar-refractivity contribution in [1.82, 2.24) is 46.8 Å². The van der Waals surface area contributed by atoms with Gasteiger partial charge in [-0.25, -0.2) is 14.6 Å². The van der Waals surface area contributed by atoms with Crippen LogP contribution in [0.5, 0.6) is 0 Å². The van der Waals surface area contributed by atoms with E-state index < -0.39 is 47.6 Å². The summed E-state index contributed by atoms with van der Waals surface area (Å²) in [6, 6.07) is 11.2. The molecular weight excluding hydrogens is 739 g/mol. The number of amides is 6. The number of carbonyl (C=O) groups is 4. The molecule has 312 valence electrons. The molecule has 0 unspecified atom stereocenters. The second-order valence-electron chi connectivity index (χ2n) is 15.0. The Bertz CT molecular complexity index is 1470. The Kier molecular flexibility index (Phi) is 18.8. The van der Waals surface area contributed by atoms with Gasteiger partial charge in [0.05, 0.1) is 33.0 Å². The highest BCUT2D eigenvalue weighted by atomic mass is 32.1. The SMILES string of the molecule is CC(C)[C@H](NC(=O)NCCN1CCOCC1)C(=O)NN(Cc1cccs1)C[C@H](CCc1ccccc1)NC(=O)[C@@](O)(NC(=O)NCCN1CCOCC1)C(C)C. The number of ether oxygens (including phenoxy) is 2. The molecule has 0 spiro atoms. The zero-order valence-electron chi connectivity index (χ0n) is 33.4. The first kappa shape index (κ1) is 44.9. The summed E-state index contributed by atoms with van der Waals surface area (Å²) in [7, 11) is 0. The molecule has 16 nitrogen and oxygen atoms in total. The molecule has 3 heterocycles. The van der Waals surface area contributed by atoms with Crippen LogP contribution in [0.4, 0.5) is 9.59 Å². The minimum atomic E-state index is -2.22. The predicted molar refractivity (Wildman–Crippen MR) is 216 cm³/mol. The van der Waals surface area contributed by atoms with E-state index in [1.165, 1.54) is 11.3 Å². The molecule has 2 aliphatic rings. The Labute approximate surface area is 335 Å². The highest BCUT2D eigenvalue weighted by Crippen LogP contribution is 2.17. The number of nitrogens with one attached hydrogen (secondary N) is 6. The van der Waals surface area contributed by atoms with Gasteiger partial charge in [-0.3, -0.25) is 24.8 Å². The van der Waals surface area contributed by atoms with Crippen LogP contribution in [-0.4, -0.2) is 147 Å². The standard InChI is InChI=1S/C39H63N9O7S/c1-29(2)34(43-37(51)40-14-16-46-18-22-54-23-19-46)35(49)45-48(28-33-11-8-26-56-33)27-32(13-12-31-9-6-5-7-10-31)42-36(50)39(53,30(3)4)44-38(52)41-15-17-47-20-24-55-25-21-47/h5-11,26,29-30,32,34,53H,12-25,27-28H2,1-4H3,(H,42,50)(H,45,49)(H2,40,43,51)(H2,41,44,52)/t32-,34-,39+/m0/s1. The van der Waals surface area contributed by atoms with Gasteiger partial charge in [-0.15, -0.1) is 11.3 Å². The van der Waals surface area contributed by atoms with Crippen molar-refractivity contribution >= 4 is 35.2 Å². The summed E-state index contributed by atoms with van der Waals surface area (Å²) in [5.41, 5.74) is 1.86. The van der Waals surface area contributed by atoms with Gasteiger partial charge in [-0.2, -0.15) is 0 Å². The Hall–Kier alpha value is -3.84. The molecule has 0 bridgehead atoms. The fraction of sp³-hybridized carbons (Fsp3) is 0.641. The van der Waals surface area contributed by atoms with E-state index in [-0.39, 0.29) is 12.5 Å². The Balaban J connectivity index is 1.44. The molecule has 0 saturated carbocycles. The van der Waals surface area contributed by atoms with Gasteiger partial charge in [0.15, 0.2) is 0 Å². The first-order chi connectivity index (χ1) is 26.9. The van der Waals surface area contributed by atoms with E-state index in [1.807, 2.05) is 61.7 Å². The van der Waals surface area contributed by atoms with E-state index >= 15 is 0 Å². The lowest BCUT2D eigenvalue weighted by Gasteiger charge is -2.35. The van der Waals surface area contributed by atoms with E-state index in [1.54, 1.807) is 18.9 Å². The number of nitrogens with zero attached hydrogens (tertiary/aromatic N) is 3. The molecule has 3 atom stereocenters. The molecular formula is C39H63N9O7S. The van der Waals surface area contributed by atoms with Crippen LogP contribution in [0.25, 0.3) is 0 Å². The number of rotatable bonds is 21. The topological polar surface area (TPSA) is 189 Å². The number of morpholine rings is 2. The molecule has 2 aromatic rings. The monoisotopic (exact) mass is 801 g/mol. The zero-order valence-corrected chi connectivity index (χ0v) is 34.2. The number of aliphatic hydroxyl groups is 1. The van der Waals surface area contributed by atoms with Crippen molar-refractivity contribution in [1.29, 1.82) is 0 Å². The van der Waals surface area contributed by atoms with Crippen LogP contribution in [0.2, 0.25) is 0 Å². The van der Waals surface area contributed by atoms with E-state index in [9.17, 15) is 24.3 Å². The molecule has 1 aromatic heterocycles. The number of carbonyl (C=O) groups excluding carboxylic acids is 4. The summed E-state index contributed by atoms with van der Waals surface area (Å²) in [6.45, 7) is 15.4. The molecule has 4 rings (SSSR count). The quantitative estimate of drug-likeness (QED) is 0.0717. The third-order valence-electron chi connectivity index (χ3n) is 9.95. The first-order valence-electron chi connectivity index (χ1n) is 19.8. The van der Waals surface area contributed by atoms with E-state index in [4.69, 9.17) is 9.47 Å². The third kappa shape index (κ3) is 15.2. The zero-order chi connectivity index (χ0) is 40.3. The average Bonchev–Trinajstić information content (AvgIpc) is 3.70. The van der Waals surface area contributed by atoms with Crippen molar-refractivity contribution in [3.05, 3.63) is 58.3 Å². The number of hydrogen-bond acceptors (Lipinski definition) is 11. The average molecular weight is 802 g/mol. The van der Waals surface area contributed by atoms with Gasteiger partial charge in [0, 0.05) is 75.7 Å². The minimum Gasteiger partial charge on any atom is -0.379 e. The smallest absolute Gasteiger partial charge is 0.317 e. The molecule has 2 fully saturated rings. The van der Waals surface area contributed by atoms with Crippen LogP contribution in [0.1, 0.15) is 44.6 Å². The summed E-state index contributed by atoms with van der Waals surface area (Å²) in [5, 5.41) is 29.4. The molecule has 6 amide bonds. The van der Waals surface area contributed by atoms with Gasteiger partial charge in [0.25, 0.3) is 11.8 Å². The Morgan fingerprint density at radius 2 is 1.45 bits per heavy atom. The van der Waals surface area contributed by atoms with E-state index in [2.05, 4.69) is 41.8 Å². The fourth-order valence-corrected chi connectivity index (χ4v) is 7.15. The maximum Gasteiger partial charge on any atom is 0.317 e. The van der Waals surface area contributed by atoms with Crippen molar-refractivity contribution < 1.29 is 33.8 Å². The first-order valence-corrected chi connectivity index (χ1v) is 20.7. The van der Waals surface area contributed by atoms with Gasteiger partial charge in [0.2, 0.25) is 5.72 Å². The number of aryl methyl sites for hydroxylation is 1. The fourth-order valence-electron chi connectivity index (χ4n) is 6.43. The van der Waals surface area contributed by atoms with Crippen molar-refractivity contribution in [3.8, 4) is 0 Å². The maximum atomic E-state index is 14.0. The molecule has 2 aliphatic heterocycles. The number of hydrogen-bond donors (Lipinski definition) is 7. The van der Waals surface area contributed by atoms with Gasteiger partial charge < -0.3 is 41.2 Å². The van der Waals surface area contributed by atoms with Gasteiger partial charge >= 0.3 is 12.1 Å². The summed E-state index contributed by atoms with van der Waals surface area (Å²) in [5.74, 6) is -2.07. The molecule has 17 heteroatoms. The Morgan fingerprint density at radius 1 is 0.839 bits per heavy atom. The predicted octanol–water partition coefficient (Wildman–Crippen LogP) is 1.33. The van der Waals surface area contributed by atoms with Crippen molar-refractivity contribution in [2.45, 2.75) is 64.9 Å². The second-order valence-corrected chi connectivity index (χ2v) is 16.0. The second kappa shape index (κ2) is 23.4. The van der Waals surface area contributed by atoms with Crippen molar-refractivity contribution in [3.63, 3.8) is 0 Å². The lowest BCUT2D eigenvalue weighted by atomic mass is 9.97. The summed E-state index contributed by atoms with van der Waals surface area (Å²) >= 11 is 1.53. The Morgan fingerprint density at radius 3 is 2.00 bits per heavy atom. The van der Waals surface area contributed by atoms with E-state index in [0.29, 0.717) is 72.0 Å². The molecule has 0 radical (unpaired) electrons. The van der Waals surface area contributed by atoms with Crippen LogP contribution in [-0.2, 0) is 32.0 Å². The number of benzene rings is 1. The molecule has 2 saturated heterocycles. The van der Waals surface area contributed by atoms with Crippen LogP contribution in [0, 0.1) is 11.8 Å².